The van der Waals surface area contributed by atoms with Gasteiger partial charge >= 0.3 is 0 Å². The number of nitrogens with zero attached hydrogens (tertiary/aromatic N) is 2. The van der Waals surface area contributed by atoms with E-state index in [1.807, 2.05) is 13.0 Å². The van der Waals surface area contributed by atoms with Crippen molar-refractivity contribution in [1.29, 1.82) is 0 Å². The number of hydrogen-bond donors (Lipinski definition) is 2. The highest BCUT2D eigenvalue weighted by molar-refractivity contribution is 7.14. The molecule has 0 aromatic carbocycles. The smallest absolute Gasteiger partial charge is 0.262 e. The zero-order chi connectivity index (χ0) is 19.7. The molecule has 0 radical (unpaired) electrons. The summed E-state index contributed by atoms with van der Waals surface area (Å²) in [6, 6.07) is 1.70. The van der Waals surface area contributed by atoms with Crippen molar-refractivity contribution < 1.29 is 14.1 Å². The fourth-order valence-electron chi connectivity index (χ4n) is 3.99. The quantitative estimate of drug-likeness (QED) is 0.796. The number of rotatable bonds is 5. The van der Waals surface area contributed by atoms with Gasteiger partial charge in [0.05, 0.1) is 17.1 Å². The van der Waals surface area contributed by atoms with E-state index in [-0.39, 0.29) is 17.6 Å². The van der Waals surface area contributed by atoms with E-state index < -0.39 is 0 Å². The van der Waals surface area contributed by atoms with E-state index in [9.17, 15) is 4.79 Å². The number of thiophene rings is 1. The lowest BCUT2D eigenvalue weighted by molar-refractivity contribution is -0.0792. The molecule has 8 heteroatoms. The van der Waals surface area contributed by atoms with Crippen LogP contribution < -0.4 is 10.6 Å². The SMILES string of the molecule is CC(C)Cc1noc(C(C)NC(=O)c2cc3c(s2)CCOC32CCNCC2)n1. The molecule has 2 aliphatic rings. The van der Waals surface area contributed by atoms with Crippen molar-refractivity contribution in [2.45, 2.75) is 58.1 Å². The van der Waals surface area contributed by atoms with Gasteiger partial charge in [0.2, 0.25) is 5.89 Å². The first-order valence-corrected chi connectivity index (χ1v) is 10.9. The molecule has 4 heterocycles. The summed E-state index contributed by atoms with van der Waals surface area (Å²) in [5, 5.41) is 10.4. The first-order valence-electron chi connectivity index (χ1n) is 10.1. The maximum Gasteiger partial charge on any atom is 0.262 e. The second-order valence-corrected chi connectivity index (χ2v) is 9.27. The molecule has 1 spiro atoms. The fourth-order valence-corrected chi connectivity index (χ4v) is 5.13. The highest BCUT2D eigenvalue weighted by atomic mass is 32.1. The van der Waals surface area contributed by atoms with Crippen LogP contribution in [0.5, 0.6) is 0 Å². The average Bonchev–Trinajstić information content (AvgIpc) is 3.30. The molecule has 1 unspecified atom stereocenters. The van der Waals surface area contributed by atoms with Crippen LogP contribution in [0.3, 0.4) is 0 Å². The summed E-state index contributed by atoms with van der Waals surface area (Å²) in [7, 11) is 0. The predicted octanol–water partition coefficient (Wildman–Crippen LogP) is 2.97. The summed E-state index contributed by atoms with van der Waals surface area (Å²) >= 11 is 1.58. The lowest BCUT2D eigenvalue weighted by atomic mass is 9.83. The summed E-state index contributed by atoms with van der Waals surface area (Å²) in [5.74, 6) is 1.49. The van der Waals surface area contributed by atoms with Crippen LogP contribution in [0.1, 0.15) is 71.5 Å². The lowest BCUT2D eigenvalue weighted by Gasteiger charge is -2.40. The number of aromatic nitrogens is 2. The van der Waals surface area contributed by atoms with Crippen LogP contribution in [0.4, 0.5) is 0 Å². The molecule has 1 saturated heterocycles. The second kappa shape index (κ2) is 7.93. The Morgan fingerprint density at radius 1 is 1.36 bits per heavy atom. The summed E-state index contributed by atoms with van der Waals surface area (Å²) in [5.41, 5.74) is 0.984. The molecule has 4 rings (SSSR count). The van der Waals surface area contributed by atoms with E-state index in [0.29, 0.717) is 17.6 Å². The van der Waals surface area contributed by atoms with Gasteiger partial charge in [0.15, 0.2) is 5.82 Å². The third kappa shape index (κ3) is 3.86. The fraction of sp³-hybridized carbons (Fsp3) is 0.650. The number of carbonyl (C=O) groups excluding carboxylic acids is 1. The third-order valence-electron chi connectivity index (χ3n) is 5.44. The minimum atomic E-state index is -0.330. The highest BCUT2D eigenvalue weighted by Gasteiger charge is 2.40. The van der Waals surface area contributed by atoms with Gasteiger partial charge in [0.25, 0.3) is 5.91 Å². The topological polar surface area (TPSA) is 89.3 Å². The molecule has 1 fully saturated rings. The molecule has 2 aromatic heterocycles. The summed E-state index contributed by atoms with van der Waals surface area (Å²) in [4.78, 5) is 19.3. The zero-order valence-electron chi connectivity index (χ0n) is 16.7. The van der Waals surface area contributed by atoms with Crippen molar-refractivity contribution in [1.82, 2.24) is 20.8 Å². The number of ether oxygens (including phenoxy) is 1. The maximum atomic E-state index is 12.9. The summed E-state index contributed by atoms with van der Waals surface area (Å²) in [6.07, 6.45) is 3.54. The van der Waals surface area contributed by atoms with Crippen LogP contribution >= 0.6 is 11.3 Å². The Bertz CT molecular complexity index is 838. The molecule has 2 aromatic rings. The van der Waals surface area contributed by atoms with Gasteiger partial charge in [0.1, 0.15) is 6.04 Å². The first kappa shape index (κ1) is 19.5. The van der Waals surface area contributed by atoms with Gasteiger partial charge in [-0.3, -0.25) is 4.79 Å². The third-order valence-corrected chi connectivity index (χ3v) is 6.63. The number of carbonyl (C=O) groups is 1. The summed E-state index contributed by atoms with van der Waals surface area (Å²) < 4.78 is 11.5. The lowest BCUT2D eigenvalue weighted by Crippen LogP contribution is -2.44. The number of hydrogen-bond acceptors (Lipinski definition) is 7. The van der Waals surface area contributed by atoms with E-state index in [2.05, 4.69) is 34.6 Å². The van der Waals surface area contributed by atoms with Crippen molar-refractivity contribution in [3.63, 3.8) is 0 Å². The summed E-state index contributed by atoms with van der Waals surface area (Å²) in [6.45, 7) is 8.71. The Morgan fingerprint density at radius 2 is 2.14 bits per heavy atom. The van der Waals surface area contributed by atoms with Crippen LogP contribution in [0.2, 0.25) is 0 Å². The molecule has 0 aliphatic carbocycles. The standard InChI is InChI=1S/C20H28N4O3S/c1-12(2)10-17-23-19(27-24-17)13(3)22-18(25)16-11-14-15(28-16)4-9-26-20(14)5-7-21-8-6-20/h11-13,21H,4-10H2,1-3H3,(H,22,25). The van der Waals surface area contributed by atoms with E-state index in [4.69, 9.17) is 9.26 Å². The number of fused-ring (bicyclic) bond motifs is 2. The molecule has 0 saturated carbocycles. The average molecular weight is 405 g/mol. The van der Waals surface area contributed by atoms with Crippen molar-refractivity contribution in [3.05, 3.63) is 33.1 Å². The molecule has 2 N–H and O–H groups in total. The van der Waals surface area contributed by atoms with Crippen LogP contribution in [0, 0.1) is 5.92 Å². The molecule has 1 amide bonds. The number of nitrogens with one attached hydrogen (secondary N) is 2. The first-order chi connectivity index (χ1) is 13.5. The molecular weight excluding hydrogens is 376 g/mol. The normalized spacial score (nSPS) is 19.6. The van der Waals surface area contributed by atoms with Gasteiger partial charge in [-0.25, -0.2) is 0 Å². The van der Waals surface area contributed by atoms with Crippen molar-refractivity contribution in [2.24, 2.45) is 5.92 Å². The van der Waals surface area contributed by atoms with Gasteiger partial charge in [-0.15, -0.1) is 11.3 Å². The van der Waals surface area contributed by atoms with Crippen LogP contribution in [0.15, 0.2) is 10.6 Å². The molecule has 1 atom stereocenters. The molecule has 2 aliphatic heterocycles. The molecule has 0 bridgehead atoms. The van der Waals surface area contributed by atoms with E-state index in [1.54, 1.807) is 11.3 Å². The second-order valence-electron chi connectivity index (χ2n) is 8.13. The predicted molar refractivity (Wildman–Crippen MR) is 106 cm³/mol. The molecular formula is C20H28N4O3S. The minimum absolute atomic E-state index is 0.0976. The Labute approximate surface area is 169 Å². The number of piperidine rings is 1. The Morgan fingerprint density at radius 3 is 2.89 bits per heavy atom. The maximum absolute atomic E-state index is 12.9. The van der Waals surface area contributed by atoms with Crippen molar-refractivity contribution >= 4 is 17.2 Å². The number of amides is 1. The molecule has 152 valence electrons. The van der Waals surface area contributed by atoms with Gasteiger partial charge in [-0.05, 0) is 50.4 Å². The van der Waals surface area contributed by atoms with E-state index in [1.165, 1.54) is 10.4 Å². The van der Waals surface area contributed by atoms with Crippen molar-refractivity contribution in [2.75, 3.05) is 19.7 Å². The van der Waals surface area contributed by atoms with E-state index in [0.717, 1.165) is 50.3 Å². The molecule has 28 heavy (non-hydrogen) atoms. The minimum Gasteiger partial charge on any atom is -0.370 e. The van der Waals surface area contributed by atoms with Gasteiger partial charge in [-0.1, -0.05) is 19.0 Å². The highest BCUT2D eigenvalue weighted by Crippen LogP contribution is 2.43. The van der Waals surface area contributed by atoms with Gasteiger partial charge in [-0.2, -0.15) is 4.98 Å². The van der Waals surface area contributed by atoms with E-state index >= 15 is 0 Å². The Hall–Kier alpha value is -1.77. The van der Waals surface area contributed by atoms with Gasteiger partial charge < -0.3 is 19.9 Å². The van der Waals surface area contributed by atoms with Crippen molar-refractivity contribution in [3.8, 4) is 0 Å². The van der Waals surface area contributed by atoms with Gasteiger partial charge in [0, 0.05) is 17.7 Å². The van der Waals surface area contributed by atoms with Crippen LogP contribution in [0.25, 0.3) is 0 Å². The Kier molecular flexibility index (Phi) is 5.53. The molecule has 7 nitrogen and oxygen atoms in total. The Balaban J connectivity index is 1.47. The largest absolute Gasteiger partial charge is 0.370 e. The van der Waals surface area contributed by atoms with Crippen LogP contribution in [-0.4, -0.2) is 35.7 Å². The zero-order valence-corrected chi connectivity index (χ0v) is 17.5. The monoisotopic (exact) mass is 404 g/mol. The van der Waals surface area contributed by atoms with Crippen LogP contribution in [-0.2, 0) is 23.2 Å².